The molecule has 0 radical (unpaired) electrons. The van der Waals surface area contributed by atoms with Gasteiger partial charge in [0.05, 0.1) is 19.8 Å². The number of hydrogen-bond acceptors (Lipinski definition) is 13. The third kappa shape index (κ3) is 29.6. The first-order chi connectivity index (χ1) is 35.1. The van der Waals surface area contributed by atoms with Crippen molar-refractivity contribution in [2.24, 2.45) is 0 Å². The lowest BCUT2D eigenvalue weighted by Gasteiger charge is -2.46. The summed E-state index contributed by atoms with van der Waals surface area (Å²) in [4.78, 5) is 26.7. The largest absolute Gasteiger partial charge is 0.394 e. The van der Waals surface area contributed by atoms with E-state index in [0.29, 0.717) is 13.0 Å². The number of nitrogens with one attached hydrogen (secondary N) is 2. The van der Waals surface area contributed by atoms with Crippen molar-refractivity contribution in [3.05, 3.63) is 0 Å². The summed E-state index contributed by atoms with van der Waals surface area (Å²) in [5.74, 6) is 11.5. The van der Waals surface area contributed by atoms with Gasteiger partial charge in [-0.25, -0.2) is 0 Å². The minimum Gasteiger partial charge on any atom is -0.394 e. The van der Waals surface area contributed by atoms with Crippen LogP contribution < -0.4 is 10.6 Å². The van der Waals surface area contributed by atoms with E-state index in [-0.39, 0.29) is 12.3 Å². The Hall–Kier alpha value is -2.38. The number of amides is 2. The summed E-state index contributed by atoms with van der Waals surface area (Å²) >= 11 is 0. The van der Waals surface area contributed by atoms with E-state index < -0.39 is 93.2 Å². The number of hydrogen-bond donors (Lipinski definition) is 9. The van der Waals surface area contributed by atoms with Gasteiger partial charge in [-0.05, 0) is 37.5 Å². The van der Waals surface area contributed by atoms with Crippen molar-refractivity contribution in [2.45, 2.75) is 300 Å². The van der Waals surface area contributed by atoms with Gasteiger partial charge in [-0.2, -0.15) is 0 Å². The van der Waals surface area contributed by atoms with E-state index in [9.17, 15) is 45.3 Å². The average molecular weight is 1020 g/mol. The SMILES string of the molecule is CCCCCCCCCCCCC#CC#CCCCCCCCC(=O)N[C@@H](CO[C@@H]1O[C@H](CO)[C@@H](O[C@@H]2O[C@H](CO)[C@H](O)[C@H](O)[C@H]2O)[C@H](O)[C@H]1O)C(=O)NCCCCCCCCCCCCCCCCCC. The summed E-state index contributed by atoms with van der Waals surface area (Å²) < 4.78 is 22.6. The van der Waals surface area contributed by atoms with E-state index in [1.54, 1.807) is 0 Å². The summed E-state index contributed by atoms with van der Waals surface area (Å²) in [7, 11) is 0. The highest BCUT2D eigenvalue weighted by Gasteiger charge is 2.51. The second-order valence-corrected chi connectivity index (χ2v) is 20.4. The Balaban J connectivity index is 1.79. The number of aliphatic hydroxyl groups excluding tert-OH is 7. The lowest BCUT2D eigenvalue weighted by Crippen LogP contribution is -2.65. The highest BCUT2D eigenvalue weighted by Crippen LogP contribution is 2.30. The molecule has 0 aromatic heterocycles. The topological polar surface area (TPSA) is 237 Å². The van der Waals surface area contributed by atoms with Crippen LogP contribution in [0.25, 0.3) is 0 Å². The van der Waals surface area contributed by atoms with Crippen LogP contribution in [0.2, 0.25) is 0 Å². The Morgan fingerprint density at radius 3 is 1.39 bits per heavy atom. The van der Waals surface area contributed by atoms with Gasteiger partial charge in [0, 0.05) is 25.8 Å². The van der Waals surface area contributed by atoms with Crippen molar-refractivity contribution < 1.29 is 64.3 Å². The third-order valence-corrected chi connectivity index (χ3v) is 14.0. The van der Waals surface area contributed by atoms with Crippen LogP contribution in [-0.2, 0) is 28.5 Å². The zero-order valence-electron chi connectivity index (χ0n) is 44.8. The van der Waals surface area contributed by atoms with Crippen molar-refractivity contribution in [1.29, 1.82) is 0 Å². The van der Waals surface area contributed by atoms with Crippen molar-refractivity contribution in [3.8, 4) is 23.7 Å². The number of unbranched alkanes of at least 4 members (excludes halogenated alkanes) is 30. The molecule has 2 fully saturated rings. The van der Waals surface area contributed by atoms with E-state index >= 15 is 0 Å². The number of carbonyl (C=O) groups is 2. The summed E-state index contributed by atoms with van der Waals surface area (Å²) in [6, 6.07) is -1.15. The second-order valence-electron chi connectivity index (χ2n) is 20.4. The maximum atomic E-state index is 13.5. The molecule has 2 aliphatic heterocycles. The summed E-state index contributed by atoms with van der Waals surface area (Å²) in [6.07, 6.45) is 23.0. The monoisotopic (exact) mass is 1020 g/mol. The minimum absolute atomic E-state index is 0.197. The van der Waals surface area contributed by atoms with Crippen molar-refractivity contribution >= 4 is 11.8 Å². The Labute approximate surface area is 435 Å². The fourth-order valence-corrected chi connectivity index (χ4v) is 9.28. The van der Waals surface area contributed by atoms with Gasteiger partial charge in [-0.3, -0.25) is 9.59 Å². The Kier molecular flexibility index (Phi) is 40.0. The summed E-state index contributed by atoms with van der Waals surface area (Å²) in [5, 5.41) is 78.4. The van der Waals surface area contributed by atoms with Crippen LogP contribution >= 0.6 is 0 Å². The van der Waals surface area contributed by atoms with Gasteiger partial charge in [0.15, 0.2) is 12.6 Å². The predicted octanol–water partition coefficient (Wildman–Crippen LogP) is 7.54. The van der Waals surface area contributed by atoms with Crippen LogP contribution in [0.5, 0.6) is 0 Å². The lowest BCUT2D eigenvalue weighted by molar-refractivity contribution is -0.359. The van der Waals surface area contributed by atoms with E-state index in [0.717, 1.165) is 70.6 Å². The molecule has 0 aromatic rings. The van der Waals surface area contributed by atoms with E-state index in [4.69, 9.17) is 18.9 Å². The first-order valence-electron chi connectivity index (χ1n) is 28.8. The Bertz CT molecular complexity index is 1460. The van der Waals surface area contributed by atoms with Gasteiger partial charge in [0.1, 0.15) is 54.9 Å². The molecule has 2 saturated heterocycles. The molecule has 0 bridgehead atoms. The number of aliphatic hydroxyl groups is 7. The molecule has 15 nitrogen and oxygen atoms in total. The highest BCUT2D eigenvalue weighted by molar-refractivity contribution is 5.87. The number of carbonyl (C=O) groups excluding carboxylic acids is 2. The van der Waals surface area contributed by atoms with Crippen LogP contribution in [0, 0.1) is 23.7 Å². The average Bonchev–Trinajstić information content (AvgIpc) is 3.38. The molecule has 9 N–H and O–H groups in total. The quantitative estimate of drug-likeness (QED) is 0.0212. The van der Waals surface area contributed by atoms with Crippen molar-refractivity contribution in [2.75, 3.05) is 26.4 Å². The molecule has 0 aliphatic carbocycles. The molecule has 72 heavy (non-hydrogen) atoms. The van der Waals surface area contributed by atoms with Crippen molar-refractivity contribution in [1.82, 2.24) is 10.6 Å². The molecule has 2 heterocycles. The van der Waals surface area contributed by atoms with Crippen LogP contribution in [0.3, 0.4) is 0 Å². The predicted molar refractivity (Wildman–Crippen MR) is 281 cm³/mol. The first-order valence-corrected chi connectivity index (χ1v) is 28.8. The van der Waals surface area contributed by atoms with Crippen LogP contribution in [-0.4, -0.2) is 141 Å². The molecule has 2 rings (SSSR count). The second kappa shape index (κ2) is 43.8. The third-order valence-electron chi connectivity index (χ3n) is 14.0. The van der Waals surface area contributed by atoms with Gasteiger partial charge in [-0.15, -0.1) is 0 Å². The van der Waals surface area contributed by atoms with Gasteiger partial charge >= 0.3 is 0 Å². The molecular weight excluding hydrogens is 921 g/mol. The van der Waals surface area contributed by atoms with Crippen LogP contribution in [0.15, 0.2) is 0 Å². The van der Waals surface area contributed by atoms with Crippen molar-refractivity contribution in [3.63, 3.8) is 0 Å². The molecule has 0 spiro atoms. The van der Waals surface area contributed by atoms with Gasteiger partial charge in [0.25, 0.3) is 0 Å². The Morgan fingerprint density at radius 2 is 0.917 bits per heavy atom. The van der Waals surface area contributed by atoms with E-state index in [1.807, 2.05) is 0 Å². The fourth-order valence-electron chi connectivity index (χ4n) is 9.28. The standard InChI is InChI=1S/C57H102N2O13/c1-3-5-7-9-11-13-15-17-19-21-22-23-24-25-26-28-30-32-34-36-38-40-48(62)59-45(55(68)58-41-39-37-35-33-31-29-27-20-18-16-14-12-10-8-6-4-2)44-69-56-53(67)51(65)54(47(43-61)71-56)72-57-52(66)50(64)49(63)46(42-60)70-57/h45-47,49-54,56-57,60-61,63-67H,3-22,27-44H2,1-2H3,(H,58,68)(H,59,62)/t45-,46+,47+,49-,50-,51+,52+,53+,54+,56+,57-/m0/s1. The maximum Gasteiger partial charge on any atom is 0.244 e. The molecule has 11 atom stereocenters. The highest BCUT2D eigenvalue weighted by atomic mass is 16.7. The molecule has 418 valence electrons. The summed E-state index contributed by atoms with van der Waals surface area (Å²) in [5.41, 5.74) is 0. The van der Waals surface area contributed by atoms with Gasteiger partial charge in [-0.1, -0.05) is 199 Å². The molecule has 0 aromatic carbocycles. The molecule has 15 heteroatoms. The zero-order chi connectivity index (χ0) is 52.4. The molecule has 2 amide bonds. The Morgan fingerprint density at radius 1 is 0.500 bits per heavy atom. The first kappa shape index (κ1) is 65.7. The number of rotatable bonds is 43. The van der Waals surface area contributed by atoms with Crippen LogP contribution in [0.1, 0.15) is 232 Å². The molecule has 0 unspecified atom stereocenters. The molecule has 2 aliphatic rings. The smallest absolute Gasteiger partial charge is 0.244 e. The fraction of sp³-hybridized carbons (Fsp3) is 0.895. The molecule has 0 saturated carbocycles. The zero-order valence-corrected chi connectivity index (χ0v) is 44.8. The van der Waals surface area contributed by atoms with Crippen LogP contribution in [0.4, 0.5) is 0 Å². The lowest BCUT2D eigenvalue weighted by atomic mass is 9.97. The maximum absolute atomic E-state index is 13.5. The van der Waals surface area contributed by atoms with Gasteiger partial charge in [0.2, 0.25) is 11.8 Å². The van der Waals surface area contributed by atoms with E-state index in [2.05, 4.69) is 48.2 Å². The number of ether oxygens (including phenoxy) is 4. The summed E-state index contributed by atoms with van der Waals surface area (Å²) in [6.45, 7) is 3.03. The van der Waals surface area contributed by atoms with E-state index in [1.165, 1.54) is 135 Å². The minimum atomic E-state index is -1.80. The molecular formula is C57H102N2O13. The normalized spacial score (nSPS) is 24.5. The van der Waals surface area contributed by atoms with Gasteiger partial charge < -0.3 is 65.3 Å².